The molecule has 52 heavy (non-hydrogen) atoms. The number of nitrogens with zero attached hydrogens (tertiary/aromatic N) is 3. The van der Waals surface area contributed by atoms with Gasteiger partial charge in [-0.1, -0.05) is 127 Å². The Hall–Kier alpha value is -6.10. The van der Waals surface area contributed by atoms with Crippen molar-refractivity contribution < 1.29 is 0 Å². The fourth-order valence-corrected chi connectivity index (χ4v) is 10.1. The van der Waals surface area contributed by atoms with E-state index in [1.54, 1.807) is 11.3 Å². The molecule has 3 aromatic heterocycles. The zero-order valence-corrected chi connectivity index (χ0v) is 29.8. The summed E-state index contributed by atoms with van der Waals surface area (Å²) >= 11 is 1.80. The third-order valence-corrected chi connectivity index (χ3v) is 12.5. The van der Waals surface area contributed by atoms with Crippen molar-refractivity contribution >= 4 is 64.2 Å². The molecule has 0 spiro atoms. The van der Waals surface area contributed by atoms with Gasteiger partial charge in [-0.15, -0.1) is 11.3 Å². The summed E-state index contributed by atoms with van der Waals surface area (Å²) in [5.41, 5.74) is 15.9. The van der Waals surface area contributed by atoms with Crippen molar-refractivity contribution in [3.63, 3.8) is 0 Å². The normalized spacial score (nSPS) is 12.7. The molecule has 0 atom stereocenters. The molecule has 0 saturated carbocycles. The van der Waals surface area contributed by atoms with E-state index in [1.807, 2.05) is 0 Å². The molecule has 0 N–H and O–H groups in total. The lowest BCUT2D eigenvalue weighted by molar-refractivity contribution is 0.941. The molecule has 246 valence electrons. The number of hydrogen-bond acceptors (Lipinski definition) is 3. The molecule has 0 amide bonds. The van der Waals surface area contributed by atoms with Gasteiger partial charge in [-0.2, -0.15) is 0 Å². The second-order valence-electron chi connectivity index (χ2n) is 14.1. The van der Waals surface area contributed by atoms with Crippen molar-refractivity contribution in [3.05, 3.63) is 162 Å². The Bertz CT molecular complexity index is 3110. The van der Waals surface area contributed by atoms with E-state index in [0.717, 1.165) is 39.8 Å². The quantitative estimate of drug-likeness (QED) is 0.186. The average Bonchev–Trinajstić information content (AvgIpc) is 3.74. The van der Waals surface area contributed by atoms with E-state index in [2.05, 4.69) is 158 Å². The van der Waals surface area contributed by atoms with Crippen LogP contribution in [0.5, 0.6) is 0 Å². The van der Waals surface area contributed by atoms with Crippen molar-refractivity contribution in [3.8, 4) is 39.5 Å². The number of fused-ring (bicyclic) bond motifs is 11. The van der Waals surface area contributed by atoms with Crippen LogP contribution in [0.3, 0.4) is 0 Å². The van der Waals surface area contributed by atoms with E-state index in [1.165, 1.54) is 81.7 Å². The molecule has 1 aliphatic rings. The number of hydrogen-bond donors (Lipinski definition) is 0. The van der Waals surface area contributed by atoms with Crippen LogP contribution in [-0.2, 0) is 12.8 Å². The molecule has 3 heterocycles. The van der Waals surface area contributed by atoms with Crippen molar-refractivity contribution in [2.75, 3.05) is 0 Å². The van der Waals surface area contributed by atoms with Gasteiger partial charge < -0.3 is 0 Å². The lowest BCUT2D eigenvalue weighted by Crippen LogP contribution is -2.08. The van der Waals surface area contributed by atoms with Crippen LogP contribution >= 0.6 is 11.3 Å². The van der Waals surface area contributed by atoms with Gasteiger partial charge in [0.15, 0.2) is 0 Å². The van der Waals surface area contributed by atoms with Gasteiger partial charge in [0.2, 0.25) is 5.95 Å². The van der Waals surface area contributed by atoms with E-state index in [9.17, 15) is 0 Å². The van der Waals surface area contributed by atoms with Crippen LogP contribution in [0.25, 0.3) is 92.3 Å². The number of aryl methyl sites for hydroxylation is 3. The Balaban J connectivity index is 1.32. The van der Waals surface area contributed by atoms with E-state index < -0.39 is 0 Å². The molecule has 0 fully saturated rings. The minimum absolute atomic E-state index is 0.704. The predicted octanol–water partition coefficient (Wildman–Crippen LogP) is 12.8. The largest absolute Gasteiger partial charge is 0.277 e. The SMILES string of the molecule is Cc1ccccc1-c1c(C)c2ccccc2c2c3ccccc3n(-c3nc(-c4cccc5c4CCc4ccccc4-5)c4sc5ccccc5c4n3)c12. The lowest BCUT2D eigenvalue weighted by Gasteiger charge is -2.23. The Labute approximate surface area is 305 Å². The standard InChI is InChI=1S/C48H33N3S/c1-28-14-3-5-16-31(28)42-29(2)32-17-7-8-19-36(32)43-38-20-9-11-24-40(38)51(46(42)43)48-49-44(47-45(50-48)39-21-10-12-25-41(39)52-47)37-23-13-22-34-33-18-6-4-15-30(33)26-27-35(34)37/h3-25H,26-27H2,1-2H3. The van der Waals surface area contributed by atoms with Gasteiger partial charge in [0.05, 0.1) is 26.9 Å². The summed E-state index contributed by atoms with van der Waals surface area (Å²) in [4.78, 5) is 11.3. The first-order chi connectivity index (χ1) is 25.7. The number of benzene rings is 7. The lowest BCUT2D eigenvalue weighted by atomic mass is 9.82. The Morgan fingerprint density at radius 3 is 2.10 bits per heavy atom. The van der Waals surface area contributed by atoms with Crippen molar-refractivity contribution in [1.29, 1.82) is 0 Å². The van der Waals surface area contributed by atoms with Crippen LogP contribution in [0, 0.1) is 13.8 Å². The Morgan fingerprint density at radius 1 is 0.558 bits per heavy atom. The van der Waals surface area contributed by atoms with Gasteiger partial charge in [-0.05, 0) is 88.5 Å². The molecule has 4 heteroatoms. The van der Waals surface area contributed by atoms with Gasteiger partial charge in [0.1, 0.15) is 0 Å². The fourth-order valence-electron chi connectivity index (χ4n) is 8.93. The molecule has 7 aromatic carbocycles. The maximum atomic E-state index is 5.70. The fraction of sp³-hybridized carbons (Fsp3) is 0.0833. The third kappa shape index (κ3) is 4.13. The van der Waals surface area contributed by atoms with Crippen LogP contribution < -0.4 is 0 Å². The predicted molar refractivity (Wildman–Crippen MR) is 220 cm³/mol. The molecule has 0 unspecified atom stereocenters. The van der Waals surface area contributed by atoms with Gasteiger partial charge in [0, 0.05) is 32.0 Å². The summed E-state index contributed by atoms with van der Waals surface area (Å²) < 4.78 is 4.73. The number of para-hydroxylation sites is 1. The van der Waals surface area contributed by atoms with Crippen LogP contribution in [0.1, 0.15) is 22.3 Å². The number of rotatable bonds is 3. The highest BCUT2D eigenvalue weighted by molar-refractivity contribution is 7.26. The third-order valence-electron chi connectivity index (χ3n) is 11.3. The molecular formula is C48H33N3S. The number of thiophene rings is 1. The number of aromatic nitrogens is 3. The summed E-state index contributed by atoms with van der Waals surface area (Å²) in [5, 5.41) is 6.14. The Kier molecular flexibility index (Phi) is 6.38. The minimum Gasteiger partial charge on any atom is -0.277 e. The molecule has 10 aromatic rings. The van der Waals surface area contributed by atoms with Gasteiger partial charge in [0.25, 0.3) is 0 Å². The maximum Gasteiger partial charge on any atom is 0.235 e. The minimum atomic E-state index is 0.704. The zero-order valence-electron chi connectivity index (χ0n) is 28.9. The second kappa shape index (κ2) is 11.2. The van der Waals surface area contributed by atoms with Crippen molar-refractivity contribution in [2.24, 2.45) is 0 Å². The molecule has 11 rings (SSSR count). The van der Waals surface area contributed by atoms with Crippen LogP contribution in [-0.4, -0.2) is 14.5 Å². The molecule has 0 saturated heterocycles. The smallest absolute Gasteiger partial charge is 0.235 e. The molecule has 0 bridgehead atoms. The van der Waals surface area contributed by atoms with Gasteiger partial charge in [-0.25, -0.2) is 9.97 Å². The van der Waals surface area contributed by atoms with E-state index in [4.69, 9.17) is 9.97 Å². The summed E-state index contributed by atoms with van der Waals surface area (Å²) in [6.07, 6.45) is 2.00. The van der Waals surface area contributed by atoms with Crippen molar-refractivity contribution in [1.82, 2.24) is 14.5 Å². The monoisotopic (exact) mass is 683 g/mol. The van der Waals surface area contributed by atoms with Gasteiger partial charge in [-0.3, -0.25) is 4.57 Å². The average molecular weight is 684 g/mol. The molecule has 1 aliphatic carbocycles. The highest BCUT2D eigenvalue weighted by Crippen LogP contribution is 2.47. The molecule has 0 aliphatic heterocycles. The molecular weight excluding hydrogens is 651 g/mol. The van der Waals surface area contributed by atoms with E-state index in [-0.39, 0.29) is 0 Å². The zero-order chi connectivity index (χ0) is 34.5. The highest BCUT2D eigenvalue weighted by Gasteiger charge is 2.27. The van der Waals surface area contributed by atoms with E-state index in [0.29, 0.717) is 5.95 Å². The van der Waals surface area contributed by atoms with E-state index >= 15 is 0 Å². The summed E-state index contributed by atoms with van der Waals surface area (Å²) in [6.45, 7) is 4.50. The molecule has 0 radical (unpaired) electrons. The van der Waals surface area contributed by atoms with Crippen molar-refractivity contribution in [2.45, 2.75) is 26.7 Å². The second-order valence-corrected chi connectivity index (χ2v) is 15.1. The first-order valence-corrected chi connectivity index (χ1v) is 18.9. The van der Waals surface area contributed by atoms with Crippen LogP contribution in [0.4, 0.5) is 0 Å². The van der Waals surface area contributed by atoms with Gasteiger partial charge >= 0.3 is 0 Å². The maximum absolute atomic E-state index is 5.70. The van der Waals surface area contributed by atoms with Crippen LogP contribution in [0.2, 0.25) is 0 Å². The summed E-state index contributed by atoms with van der Waals surface area (Å²) in [6, 6.07) is 50.8. The highest BCUT2D eigenvalue weighted by atomic mass is 32.1. The topological polar surface area (TPSA) is 30.7 Å². The van der Waals surface area contributed by atoms with Crippen LogP contribution in [0.15, 0.2) is 140 Å². The first kappa shape index (κ1) is 29.6. The summed E-state index contributed by atoms with van der Waals surface area (Å²) in [5.74, 6) is 0.704. The first-order valence-electron chi connectivity index (χ1n) is 18.1. The summed E-state index contributed by atoms with van der Waals surface area (Å²) in [7, 11) is 0. The molecule has 3 nitrogen and oxygen atoms in total. The Morgan fingerprint density at radius 2 is 1.23 bits per heavy atom.